The second kappa shape index (κ2) is 9.87. The zero-order chi connectivity index (χ0) is 16.7. The Labute approximate surface area is 150 Å². The van der Waals surface area contributed by atoms with E-state index in [2.05, 4.69) is 12.2 Å². The van der Waals surface area contributed by atoms with Crippen LogP contribution < -0.4 is 15.8 Å². The van der Waals surface area contributed by atoms with E-state index in [0.717, 1.165) is 23.3 Å². The first kappa shape index (κ1) is 20.7. The minimum Gasteiger partial charge on any atom is -0.493 e. The fourth-order valence-electron chi connectivity index (χ4n) is 2.80. The number of hydrogen-bond acceptors (Lipinski definition) is 4. The number of carbonyl (C=O) groups is 1. The van der Waals surface area contributed by atoms with Crippen molar-refractivity contribution >= 4 is 18.3 Å². The second-order valence-electron chi connectivity index (χ2n) is 6.24. The smallest absolute Gasteiger partial charge is 0.227 e. The number of nitrogens with two attached hydrogens (primary N) is 1. The molecule has 1 saturated heterocycles. The molecule has 6 heteroatoms. The van der Waals surface area contributed by atoms with E-state index >= 15 is 0 Å². The van der Waals surface area contributed by atoms with Crippen LogP contribution in [0.15, 0.2) is 18.2 Å². The van der Waals surface area contributed by atoms with Crippen molar-refractivity contribution < 1.29 is 14.3 Å². The van der Waals surface area contributed by atoms with Crippen LogP contribution in [0.3, 0.4) is 0 Å². The number of halogens is 1. The maximum Gasteiger partial charge on any atom is 0.227 e. The third-order valence-corrected chi connectivity index (χ3v) is 4.45. The van der Waals surface area contributed by atoms with Crippen molar-refractivity contribution in [2.45, 2.75) is 39.7 Å². The van der Waals surface area contributed by atoms with Crippen LogP contribution >= 0.6 is 12.4 Å². The standard InChI is InChI=1S/C18H28N2O3.ClH/c1-3-8-23-16-11-14(2)4-5-15(16)12-20-17(21)18(13-19)6-9-22-10-7-18;/h4-5,11H,3,6-10,12-13,19H2,1-2H3,(H,20,21);1H. The van der Waals surface area contributed by atoms with Gasteiger partial charge < -0.3 is 20.5 Å². The number of rotatable bonds is 7. The molecule has 5 nitrogen and oxygen atoms in total. The summed E-state index contributed by atoms with van der Waals surface area (Å²) in [6.45, 7) is 6.80. The zero-order valence-corrected chi connectivity index (χ0v) is 15.4. The summed E-state index contributed by atoms with van der Waals surface area (Å²) in [7, 11) is 0. The van der Waals surface area contributed by atoms with Gasteiger partial charge in [0.15, 0.2) is 0 Å². The lowest BCUT2D eigenvalue weighted by Gasteiger charge is -2.34. The average Bonchev–Trinajstić information content (AvgIpc) is 2.59. The van der Waals surface area contributed by atoms with E-state index < -0.39 is 5.41 Å². The molecule has 1 fully saturated rings. The van der Waals surface area contributed by atoms with E-state index in [1.807, 2.05) is 25.1 Å². The van der Waals surface area contributed by atoms with E-state index in [0.29, 0.717) is 45.8 Å². The first-order valence-corrected chi connectivity index (χ1v) is 8.40. The van der Waals surface area contributed by atoms with Crippen LogP contribution in [0.2, 0.25) is 0 Å². The first-order valence-electron chi connectivity index (χ1n) is 8.40. The van der Waals surface area contributed by atoms with Gasteiger partial charge in [0.05, 0.1) is 12.0 Å². The minimum atomic E-state index is -0.493. The second-order valence-corrected chi connectivity index (χ2v) is 6.24. The molecule has 0 bridgehead atoms. The van der Waals surface area contributed by atoms with E-state index in [4.69, 9.17) is 15.2 Å². The van der Waals surface area contributed by atoms with Crippen LogP contribution in [-0.4, -0.2) is 32.3 Å². The monoisotopic (exact) mass is 356 g/mol. The highest BCUT2D eigenvalue weighted by molar-refractivity contribution is 5.85. The summed E-state index contributed by atoms with van der Waals surface area (Å²) >= 11 is 0. The Balaban J connectivity index is 0.00000288. The maximum atomic E-state index is 12.6. The lowest BCUT2D eigenvalue weighted by atomic mass is 9.79. The number of amides is 1. The molecule has 1 aliphatic heterocycles. The van der Waals surface area contributed by atoms with E-state index in [9.17, 15) is 4.79 Å². The Morgan fingerprint density at radius 2 is 2.08 bits per heavy atom. The Hall–Kier alpha value is -1.30. The van der Waals surface area contributed by atoms with Crippen LogP contribution in [0.4, 0.5) is 0 Å². The van der Waals surface area contributed by atoms with E-state index in [-0.39, 0.29) is 18.3 Å². The van der Waals surface area contributed by atoms with Crippen molar-refractivity contribution in [1.29, 1.82) is 0 Å². The summed E-state index contributed by atoms with van der Waals surface area (Å²) in [4.78, 5) is 12.6. The SMILES string of the molecule is CCCOc1cc(C)ccc1CNC(=O)C1(CN)CCOCC1.Cl. The highest BCUT2D eigenvalue weighted by atomic mass is 35.5. The third kappa shape index (κ3) is 5.10. The van der Waals surface area contributed by atoms with Crippen molar-refractivity contribution in [3.63, 3.8) is 0 Å². The molecular weight excluding hydrogens is 328 g/mol. The van der Waals surface area contributed by atoms with E-state index in [1.165, 1.54) is 0 Å². The number of aryl methyl sites for hydroxylation is 1. The Kier molecular flexibility index (Phi) is 8.53. The van der Waals surface area contributed by atoms with E-state index in [1.54, 1.807) is 0 Å². The predicted octanol–water partition coefficient (Wildman–Crippen LogP) is 2.58. The number of ether oxygens (including phenoxy) is 2. The average molecular weight is 357 g/mol. The van der Waals surface area contributed by atoms with Gasteiger partial charge in [-0.05, 0) is 37.8 Å². The van der Waals surface area contributed by atoms with Gasteiger partial charge in [0.25, 0.3) is 0 Å². The molecule has 0 aromatic heterocycles. The number of nitrogens with one attached hydrogen (secondary N) is 1. The van der Waals surface area contributed by atoms with Gasteiger partial charge in [0.2, 0.25) is 5.91 Å². The van der Waals surface area contributed by atoms with Gasteiger partial charge in [-0.25, -0.2) is 0 Å². The number of hydrogen-bond donors (Lipinski definition) is 2. The van der Waals surface area contributed by atoms with Crippen LogP contribution in [0.5, 0.6) is 5.75 Å². The van der Waals surface area contributed by atoms with Gasteiger partial charge in [0, 0.05) is 31.9 Å². The van der Waals surface area contributed by atoms with Crippen LogP contribution in [-0.2, 0) is 16.1 Å². The number of benzene rings is 1. The van der Waals surface area contributed by atoms with Gasteiger partial charge >= 0.3 is 0 Å². The molecule has 1 aliphatic rings. The fourth-order valence-corrected chi connectivity index (χ4v) is 2.80. The highest BCUT2D eigenvalue weighted by Crippen LogP contribution is 2.30. The molecule has 0 aliphatic carbocycles. The topological polar surface area (TPSA) is 73.6 Å². The molecule has 0 unspecified atom stereocenters. The van der Waals surface area contributed by atoms with Gasteiger partial charge in [0.1, 0.15) is 5.75 Å². The Morgan fingerprint density at radius 3 is 2.71 bits per heavy atom. The largest absolute Gasteiger partial charge is 0.493 e. The van der Waals surface area contributed by atoms with Gasteiger partial charge in [-0.15, -0.1) is 12.4 Å². The quantitative estimate of drug-likeness (QED) is 0.787. The third-order valence-electron chi connectivity index (χ3n) is 4.45. The summed E-state index contributed by atoms with van der Waals surface area (Å²) in [5.74, 6) is 0.867. The molecule has 1 aromatic rings. The highest BCUT2D eigenvalue weighted by Gasteiger charge is 2.38. The Bertz CT molecular complexity index is 531. The molecule has 2 rings (SSSR count). The minimum absolute atomic E-state index is 0. The molecule has 1 amide bonds. The summed E-state index contributed by atoms with van der Waals surface area (Å²) < 4.78 is 11.2. The van der Waals surface area contributed by atoms with Gasteiger partial charge in [-0.3, -0.25) is 4.79 Å². The molecule has 0 radical (unpaired) electrons. The molecule has 0 spiro atoms. The molecule has 136 valence electrons. The molecule has 1 heterocycles. The van der Waals surface area contributed by atoms with Crippen LogP contribution in [0.25, 0.3) is 0 Å². The van der Waals surface area contributed by atoms with Crippen LogP contribution in [0.1, 0.15) is 37.3 Å². The molecular formula is C18H29ClN2O3. The maximum absolute atomic E-state index is 12.6. The summed E-state index contributed by atoms with van der Waals surface area (Å²) in [6.07, 6.45) is 2.32. The van der Waals surface area contributed by atoms with Crippen LogP contribution in [0, 0.1) is 12.3 Å². The Morgan fingerprint density at radius 1 is 1.38 bits per heavy atom. The first-order chi connectivity index (χ1) is 11.1. The normalized spacial score (nSPS) is 16.1. The van der Waals surface area contributed by atoms with Crippen molar-refractivity contribution in [1.82, 2.24) is 5.32 Å². The summed E-state index contributed by atoms with van der Waals surface area (Å²) in [6, 6.07) is 6.07. The lowest BCUT2D eigenvalue weighted by Crippen LogP contribution is -2.49. The summed E-state index contributed by atoms with van der Waals surface area (Å²) in [5.41, 5.74) is 7.53. The van der Waals surface area contributed by atoms with Crippen molar-refractivity contribution in [3.05, 3.63) is 29.3 Å². The molecule has 0 atom stereocenters. The molecule has 3 N–H and O–H groups in total. The molecule has 1 aromatic carbocycles. The zero-order valence-electron chi connectivity index (χ0n) is 14.6. The van der Waals surface area contributed by atoms with Gasteiger partial charge in [-0.2, -0.15) is 0 Å². The van der Waals surface area contributed by atoms with Crippen molar-refractivity contribution in [2.24, 2.45) is 11.1 Å². The lowest BCUT2D eigenvalue weighted by molar-refractivity contribution is -0.136. The predicted molar refractivity (Wildman–Crippen MR) is 97.6 cm³/mol. The summed E-state index contributed by atoms with van der Waals surface area (Å²) in [5, 5.41) is 3.04. The number of carbonyl (C=O) groups excluding carboxylic acids is 1. The van der Waals surface area contributed by atoms with Crippen molar-refractivity contribution in [2.75, 3.05) is 26.4 Å². The van der Waals surface area contributed by atoms with Crippen molar-refractivity contribution in [3.8, 4) is 5.75 Å². The molecule has 0 saturated carbocycles. The fraction of sp³-hybridized carbons (Fsp3) is 0.611. The van der Waals surface area contributed by atoms with Gasteiger partial charge in [-0.1, -0.05) is 19.1 Å². The molecule has 24 heavy (non-hydrogen) atoms.